The Labute approximate surface area is 80.3 Å². The van der Waals surface area contributed by atoms with Gasteiger partial charge in [-0.05, 0) is 12.3 Å². The minimum atomic E-state index is 0.792. The normalized spacial score (nSPS) is 10.5. The Hall–Kier alpha value is -1.29. The molecule has 66 valence electrons. The summed E-state index contributed by atoms with van der Waals surface area (Å²) in [5, 5.41) is 9.61. The zero-order valence-electron chi connectivity index (χ0n) is 7.19. The van der Waals surface area contributed by atoms with Crippen molar-refractivity contribution in [2.24, 2.45) is 0 Å². The van der Waals surface area contributed by atoms with Gasteiger partial charge in [0.25, 0.3) is 0 Å². The molecule has 2 rings (SSSR count). The smallest absolute Gasteiger partial charge is 0.0595 e. The molecule has 0 aliphatic rings. The Morgan fingerprint density at radius 2 is 2.00 bits per heavy atom. The number of fused-ring (bicyclic) bond motifs is 1. The Morgan fingerprint density at radius 1 is 1.23 bits per heavy atom. The molecular weight excluding hydrogens is 182 g/mol. The molecule has 0 amide bonds. The number of thioether (sulfide) groups is 1. The lowest BCUT2D eigenvalue weighted by Gasteiger charge is -2.04. The number of aromatic nitrogens is 2. The zero-order chi connectivity index (χ0) is 9.26. The minimum absolute atomic E-state index is 0.792. The quantitative estimate of drug-likeness (QED) is 0.552. The van der Waals surface area contributed by atoms with E-state index in [1.807, 2.05) is 18.4 Å². The summed E-state index contributed by atoms with van der Waals surface area (Å²) in [5.74, 6) is 0. The van der Waals surface area contributed by atoms with Gasteiger partial charge in [0.15, 0.2) is 0 Å². The van der Waals surface area contributed by atoms with Crippen molar-refractivity contribution in [1.82, 2.24) is 10.2 Å². The highest BCUT2D eigenvalue weighted by atomic mass is 32.2. The molecule has 0 radical (unpaired) electrons. The van der Waals surface area contributed by atoms with Gasteiger partial charge >= 0.3 is 0 Å². The highest BCUT2D eigenvalue weighted by molar-refractivity contribution is 7.98. The lowest BCUT2D eigenvalue weighted by atomic mass is 10.2. The molecule has 0 bridgehead atoms. The molecule has 2 aromatic rings. The fourth-order valence-corrected chi connectivity index (χ4v) is 1.79. The third-order valence-electron chi connectivity index (χ3n) is 1.95. The van der Waals surface area contributed by atoms with Crippen LogP contribution in [0.1, 0.15) is 0 Å². The van der Waals surface area contributed by atoms with Crippen molar-refractivity contribution in [2.45, 2.75) is 4.90 Å². The van der Waals surface area contributed by atoms with Crippen LogP contribution in [0.4, 0.5) is 5.69 Å². The summed E-state index contributed by atoms with van der Waals surface area (Å²) in [4.78, 5) is 1.08. The number of benzene rings is 1. The largest absolute Gasteiger partial charge is 0.397 e. The third kappa shape index (κ3) is 1.33. The van der Waals surface area contributed by atoms with Gasteiger partial charge in [0.05, 0.1) is 18.1 Å². The maximum atomic E-state index is 5.94. The maximum absolute atomic E-state index is 5.94. The molecule has 0 atom stereocenters. The molecule has 1 heterocycles. The first-order valence-electron chi connectivity index (χ1n) is 3.86. The van der Waals surface area contributed by atoms with Gasteiger partial charge in [0.2, 0.25) is 0 Å². The molecular formula is C9H9N3S. The molecule has 4 heteroatoms. The van der Waals surface area contributed by atoms with Gasteiger partial charge < -0.3 is 5.73 Å². The fraction of sp³-hybridized carbons (Fsp3) is 0.111. The summed E-state index contributed by atoms with van der Waals surface area (Å²) in [6.07, 6.45) is 5.42. The van der Waals surface area contributed by atoms with Crippen molar-refractivity contribution >= 4 is 28.2 Å². The van der Waals surface area contributed by atoms with Crippen molar-refractivity contribution in [3.8, 4) is 0 Å². The van der Waals surface area contributed by atoms with E-state index in [0.29, 0.717) is 0 Å². The fourth-order valence-electron chi connectivity index (χ4n) is 1.25. The second-order valence-corrected chi connectivity index (χ2v) is 3.52. The molecule has 0 spiro atoms. The van der Waals surface area contributed by atoms with E-state index in [2.05, 4.69) is 10.2 Å². The molecule has 0 aliphatic carbocycles. The van der Waals surface area contributed by atoms with E-state index in [1.165, 1.54) is 0 Å². The predicted molar refractivity (Wildman–Crippen MR) is 55.7 cm³/mol. The summed E-state index contributed by atoms with van der Waals surface area (Å²) in [7, 11) is 0. The molecule has 0 saturated carbocycles. The van der Waals surface area contributed by atoms with Crippen LogP contribution in [-0.2, 0) is 0 Å². The van der Waals surface area contributed by atoms with E-state index in [0.717, 1.165) is 21.4 Å². The average Bonchev–Trinajstić information content (AvgIpc) is 2.19. The second-order valence-electron chi connectivity index (χ2n) is 2.67. The number of nitrogens with two attached hydrogens (primary N) is 1. The number of hydrogen-bond donors (Lipinski definition) is 1. The molecule has 1 aromatic carbocycles. The predicted octanol–water partition coefficient (Wildman–Crippen LogP) is 1.93. The summed E-state index contributed by atoms with van der Waals surface area (Å²) in [5.41, 5.74) is 6.73. The zero-order valence-corrected chi connectivity index (χ0v) is 8.01. The third-order valence-corrected chi connectivity index (χ3v) is 2.75. The van der Waals surface area contributed by atoms with E-state index in [-0.39, 0.29) is 0 Å². The molecule has 0 aliphatic heterocycles. The van der Waals surface area contributed by atoms with Gasteiger partial charge in [-0.15, -0.1) is 11.8 Å². The monoisotopic (exact) mass is 191 g/mol. The summed E-state index contributed by atoms with van der Waals surface area (Å²) in [6.45, 7) is 0. The number of anilines is 1. The van der Waals surface area contributed by atoms with E-state index >= 15 is 0 Å². The van der Waals surface area contributed by atoms with Crippen molar-refractivity contribution in [3.05, 3.63) is 24.5 Å². The standard InChI is InChI=1S/C9H9N3S/c1-13-8-3-2-6-4-11-12-5-7(6)9(8)10/h2-5H,10H2,1H3. The first-order valence-corrected chi connectivity index (χ1v) is 5.08. The van der Waals surface area contributed by atoms with Crippen LogP contribution in [0.2, 0.25) is 0 Å². The average molecular weight is 191 g/mol. The van der Waals surface area contributed by atoms with E-state index in [9.17, 15) is 0 Å². The maximum Gasteiger partial charge on any atom is 0.0595 e. The van der Waals surface area contributed by atoms with Crippen LogP contribution in [-0.4, -0.2) is 16.5 Å². The summed E-state index contributed by atoms with van der Waals surface area (Å²) in [6, 6.07) is 4.01. The molecule has 13 heavy (non-hydrogen) atoms. The second kappa shape index (κ2) is 3.22. The summed E-state index contributed by atoms with van der Waals surface area (Å²) < 4.78 is 0. The van der Waals surface area contributed by atoms with Crippen molar-refractivity contribution < 1.29 is 0 Å². The van der Waals surface area contributed by atoms with Crippen molar-refractivity contribution in [1.29, 1.82) is 0 Å². The lowest BCUT2D eigenvalue weighted by Crippen LogP contribution is -1.91. The van der Waals surface area contributed by atoms with Gasteiger partial charge in [-0.1, -0.05) is 6.07 Å². The molecule has 0 unspecified atom stereocenters. The van der Waals surface area contributed by atoms with E-state index < -0.39 is 0 Å². The van der Waals surface area contributed by atoms with Gasteiger partial charge in [-0.2, -0.15) is 10.2 Å². The molecule has 0 fully saturated rings. The minimum Gasteiger partial charge on any atom is -0.397 e. The highest BCUT2D eigenvalue weighted by Gasteiger charge is 2.02. The molecule has 3 nitrogen and oxygen atoms in total. The highest BCUT2D eigenvalue weighted by Crippen LogP contribution is 2.29. The van der Waals surface area contributed by atoms with Gasteiger partial charge in [-0.3, -0.25) is 0 Å². The Bertz CT molecular complexity index is 442. The lowest BCUT2D eigenvalue weighted by molar-refractivity contribution is 1.05. The Kier molecular flexibility index (Phi) is 2.06. The van der Waals surface area contributed by atoms with Crippen LogP contribution < -0.4 is 5.73 Å². The van der Waals surface area contributed by atoms with Crippen LogP contribution in [0.15, 0.2) is 29.4 Å². The van der Waals surface area contributed by atoms with Crippen LogP contribution in [0.25, 0.3) is 10.8 Å². The first kappa shape index (κ1) is 8.31. The Balaban J connectivity index is 2.79. The first-order chi connectivity index (χ1) is 6.33. The van der Waals surface area contributed by atoms with Gasteiger partial charge in [-0.25, -0.2) is 0 Å². The van der Waals surface area contributed by atoms with Crippen LogP contribution >= 0.6 is 11.8 Å². The number of nitrogens with zero attached hydrogens (tertiary/aromatic N) is 2. The number of hydrogen-bond acceptors (Lipinski definition) is 4. The SMILES string of the molecule is CSc1ccc2cnncc2c1N. The molecule has 2 N–H and O–H groups in total. The van der Waals surface area contributed by atoms with Gasteiger partial charge in [0.1, 0.15) is 0 Å². The Morgan fingerprint density at radius 3 is 2.77 bits per heavy atom. The topological polar surface area (TPSA) is 51.8 Å². The van der Waals surface area contributed by atoms with E-state index in [4.69, 9.17) is 5.73 Å². The van der Waals surface area contributed by atoms with Crippen LogP contribution in [0, 0.1) is 0 Å². The molecule has 1 aromatic heterocycles. The van der Waals surface area contributed by atoms with Crippen LogP contribution in [0.5, 0.6) is 0 Å². The van der Waals surface area contributed by atoms with E-state index in [1.54, 1.807) is 24.2 Å². The number of rotatable bonds is 1. The summed E-state index contributed by atoms with van der Waals surface area (Å²) >= 11 is 1.64. The number of nitrogen functional groups attached to an aromatic ring is 1. The molecule has 0 saturated heterocycles. The van der Waals surface area contributed by atoms with Gasteiger partial charge in [0, 0.05) is 15.7 Å². The van der Waals surface area contributed by atoms with Crippen molar-refractivity contribution in [3.63, 3.8) is 0 Å². The van der Waals surface area contributed by atoms with Crippen molar-refractivity contribution in [2.75, 3.05) is 12.0 Å². The van der Waals surface area contributed by atoms with Crippen LogP contribution in [0.3, 0.4) is 0 Å².